The minimum atomic E-state index is -3.00. The van der Waals surface area contributed by atoms with E-state index in [1.165, 1.54) is 6.07 Å². The van der Waals surface area contributed by atoms with Gasteiger partial charge >= 0.3 is 5.97 Å². The topological polar surface area (TPSA) is 93.6 Å². The number of carboxylic acids is 1. The predicted molar refractivity (Wildman–Crippen MR) is 135 cm³/mol. The van der Waals surface area contributed by atoms with E-state index in [2.05, 4.69) is 10.1 Å². The van der Waals surface area contributed by atoms with Crippen LogP contribution in [0, 0.1) is 0 Å². The van der Waals surface area contributed by atoms with Crippen LogP contribution in [0.25, 0.3) is 33.7 Å². The van der Waals surface area contributed by atoms with Gasteiger partial charge in [0.05, 0.1) is 19.6 Å². The average Bonchev–Trinajstić information content (AvgIpc) is 3.55. The van der Waals surface area contributed by atoms with Gasteiger partial charge < -0.3 is 23.8 Å². The second-order valence-electron chi connectivity index (χ2n) is 9.10. The molecule has 0 atom stereocenters. The zero-order chi connectivity index (χ0) is 26.0. The first kappa shape index (κ1) is 24.9. The third-order valence-corrected chi connectivity index (χ3v) is 6.60. The van der Waals surface area contributed by atoms with E-state index < -0.39 is 11.9 Å². The average molecular weight is 511 g/mol. The van der Waals surface area contributed by atoms with Gasteiger partial charge in [-0.1, -0.05) is 24.6 Å². The number of aryl methyl sites for hydroxylation is 1. The number of hydrogen-bond acceptors (Lipinski definition) is 6. The molecule has 0 saturated carbocycles. The van der Waals surface area contributed by atoms with Gasteiger partial charge in [-0.05, 0) is 36.4 Å². The van der Waals surface area contributed by atoms with E-state index >= 15 is 8.78 Å². The number of carbonyl (C=O) groups is 1. The van der Waals surface area contributed by atoms with Gasteiger partial charge in [0.1, 0.15) is 0 Å². The molecule has 2 aromatic carbocycles. The minimum absolute atomic E-state index is 0.00413. The van der Waals surface area contributed by atoms with Crippen molar-refractivity contribution >= 4 is 22.6 Å². The quantitative estimate of drug-likeness (QED) is 0.315. The molecule has 37 heavy (non-hydrogen) atoms. The maximum absolute atomic E-state index is 15.3. The van der Waals surface area contributed by atoms with E-state index in [-0.39, 0.29) is 30.1 Å². The van der Waals surface area contributed by atoms with Crippen molar-refractivity contribution in [3.05, 3.63) is 54.2 Å². The Morgan fingerprint density at radius 2 is 1.97 bits per heavy atom. The molecule has 0 bridgehead atoms. The number of ether oxygens (including phenoxy) is 1. The van der Waals surface area contributed by atoms with E-state index in [9.17, 15) is 4.79 Å². The molecule has 1 N–H and O–H groups in total. The predicted octanol–water partition coefficient (Wildman–Crippen LogP) is 5.56. The Labute approximate surface area is 212 Å². The Bertz CT molecular complexity index is 1410. The highest BCUT2D eigenvalue weighted by atomic mass is 19.3. The van der Waals surface area contributed by atoms with Crippen LogP contribution in [0.2, 0.25) is 0 Å². The maximum Gasteiger partial charge on any atom is 0.305 e. The molecule has 4 aromatic rings. The highest BCUT2D eigenvalue weighted by Crippen LogP contribution is 2.41. The first-order chi connectivity index (χ1) is 17.9. The zero-order valence-corrected chi connectivity index (χ0v) is 20.5. The summed E-state index contributed by atoms with van der Waals surface area (Å²) in [5, 5.41) is 13.9. The number of alkyl halides is 2. The molecule has 2 aromatic heterocycles. The van der Waals surface area contributed by atoms with Crippen molar-refractivity contribution < 1.29 is 27.9 Å². The molecule has 8 nitrogen and oxygen atoms in total. The standard InChI is InChI=1S/C27H28F2N4O4/c1-2-10-27(28,29)21-17-18(6-7-23(21)33-13-15-36-16-14-33)25-30-26(37-31-25)20-4-3-5-22-19(20)8-11-32(22)12-9-24(34)35/h3-8,11,17H,2,9-10,12-16H2,1H3,(H,34,35). The number of rotatable bonds is 9. The highest BCUT2D eigenvalue weighted by molar-refractivity contribution is 5.93. The van der Waals surface area contributed by atoms with Crippen LogP contribution < -0.4 is 4.90 Å². The van der Waals surface area contributed by atoms with E-state index in [4.69, 9.17) is 14.4 Å². The zero-order valence-electron chi connectivity index (χ0n) is 20.5. The van der Waals surface area contributed by atoms with E-state index in [1.54, 1.807) is 19.1 Å². The Morgan fingerprint density at radius 1 is 1.16 bits per heavy atom. The molecule has 0 amide bonds. The van der Waals surface area contributed by atoms with Crippen LogP contribution in [0.4, 0.5) is 14.5 Å². The summed E-state index contributed by atoms with van der Waals surface area (Å²) in [6.45, 7) is 4.18. The summed E-state index contributed by atoms with van der Waals surface area (Å²) in [7, 11) is 0. The third kappa shape index (κ3) is 5.06. The number of fused-ring (bicyclic) bond motifs is 1. The summed E-state index contributed by atoms with van der Waals surface area (Å²) in [6, 6.07) is 12.4. The van der Waals surface area contributed by atoms with Gasteiger partial charge in [0.2, 0.25) is 5.82 Å². The van der Waals surface area contributed by atoms with Crippen molar-refractivity contribution in [1.82, 2.24) is 14.7 Å². The van der Waals surface area contributed by atoms with Crippen LogP contribution in [0.3, 0.4) is 0 Å². The summed E-state index contributed by atoms with van der Waals surface area (Å²) in [5.74, 6) is -3.40. The molecule has 1 aliphatic rings. The highest BCUT2D eigenvalue weighted by Gasteiger charge is 2.35. The van der Waals surface area contributed by atoms with Gasteiger partial charge in [-0.15, -0.1) is 0 Å². The van der Waals surface area contributed by atoms with Crippen LogP contribution in [-0.4, -0.2) is 52.1 Å². The molecular formula is C27H28F2N4O4. The fourth-order valence-corrected chi connectivity index (χ4v) is 4.77. The molecule has 5 rings (SSSR count). The molecule has 0 radical (unpaired) electrons. The lowest BCUT2D eigenvalue weighted by Crippen LogP contribution is -2.37. The van der Waals surface area contributed by atoms with Crippen molar-refractivity contribution in [2.24, 2.45) is 0 Å². The number of aliphatic carboxylic acids is 1. The first-order valence-corrected chi connectivity index (χ1v) is 12.4. The normalized spacial score (nSPS) is 14.4. The fourth-order valence-electron chi connectivity index (χ4n) is 4.77. The van der Waals surface area contributed by atoms with Crippen molar-refractivity contribution in [3.63, 3.8) is 0 Å². The lowest BCUT2D eigenvalue weighted by molar-refractivity contribution is -0.137. The van der Waals surface area contributed by atoms with Gasteiger partial charge in [0.25, 0.3) is 11.8 Å². The fraction of sp³-hybridized carbons (Fsp3) is 0.370. The number of carboxylic acid groups (broad SMARTS) is 1. The Morgan fingerprint density at radius 3 is 2.73 bits per heavy atom. The van der Waals surface area contributed by atoms with E-state index in [0.717, 1.165) is 10.9 Å². The lowest BCUT2D eigenvalue weighted by Gasteiger charge is -2.32. The van der Waals surface area contributed by atoms with Crippen LogP contribution in [0.5, 0.6) is 0 Å². The van der Waals surface area contributed by atoms with Crippen LogP contribution in [0.15, 0.2) is 53.2 Å². The summed E-state index contributed by atoms with van der Waals surface area (Å²) >= 11 is 0. The summed E-state index contributed by atoms with van der Waals surface area (Å²) < 4.78 is 43.4. The Kier molecular flexibility index (Phi) is 6.92. The number of benzene rings is 2. The second-order valence-corrected chi connectivity index (χ2v) is 9.10. The molecule has 1 fully saturated rings. The summed E-state index contributed by atoms with van der Waals surface area (Å²) in [6.07, 6.45) is 1.92. The number of hydrogen-bond donors (Lipinski definition) is 1. The summed E-state index contributed by atoms with van der Waals surface area (Å²) in [4.78, 5) is 17.5. The summed E-state index contributed by atoms with van der Waals surface area (Å²) in [5.41, 5.74) is 2.44. The number of nitrogens with zero attached hydrogens (tertiary/aromatic N) is 4. The van der Waals surface area contributed by atoms with Crippen LogP contribution in [-0.2, 0) is 22.0 Å². The molecule has 0 aliphatic carbocycles. The van der Waals surface area contributed by atoms with Gasteiger partial charge in [-0.2, -0.15) is 4.98 Å². The Balaban J connectivity index is 1.50. The number of anilines is 1. The maximum atomic E-state index is 15.3. The lowest BCUT2D eigenvalue weighted by atomic mass is 9.98. The van der Waals surface area contributed by atoms with Crippen molar-refractivity contribution in [3.8, 4) is 22.8 Å². The smallest absolute Gasteiger partial charge is 0.305 e. The van der Waals surface area contributed by atoms with Crippen LogP contribution in [0.1, 0.15) is 31.7 Å². The molecular weight excluding hydrogens is 482 g/mol. The SMILES string of the molecule is CCCC(F)(F)c1cc(-c2noc(-c3cccc4c3ccn4CCC(=O)O)n2)ccc1N1CCOCC1. The molecule has 0 spiro atoms. The van der Waals surface area contributed by atoms with Gasteiger partial charge in [-0.25, -0.2) is 8.78 Å². The second kappa shape index (κ2) is 10.3. The van der Waals surface area contributed by atoms with Gasteiger partial charge in [0.15, 0.2) is 0 Å². The number of aromatic nitrogens is 3. The molecule has 0 unspecified atom stereocenters. The number of halogens is 2. The Hall–Kier alpha value is -3.79. The molecule has 10 heteroatoms. The van der Waals surface area contributed by atoms with Crippen molar-refractivity contribution in [2.45, 2.75) is 38.7 Å². The molecule has 3 heterocycles. The monoisotopic (exact) mass is 510 g/mol. The van der Waals surface area contributed by atoms with Crippen LogP contribution >= 0.6 is 0 Å². The third-order valence-electron chi connectivity index (χ3n) is 6.60. The van der Waals surface area contributed by atoms with Gasteiger partial charge in [0, 0.05) is 65.5 Å². The van der Waals surface area contributed by atoms with Crippen molar-refractivity contribution in [2.75, 3.05) is 31.2 Å². The number of morpholine rings is 1. The largest absolute Gasteiger partial charge is 0.481 e. The van der Waals surface area contributed by atoms with Gasteiger partial charge in [-0.3, -0.25) is 4.79 Å². The minimum Gasteiger partial charge on any atom is -0.481 e. The molecule has 194 valence electrons. The molecule has 1 saturated heterocycles. The molecule has 1 aliphatic heterocycles. The van der Waals surface area contributed by atoms with E-state index in [0.29, 0.717) is 56.1 Å². The van der Waals surface area contributed by atoms with Crippen molar-refractivity contribution in [1.29, 1.82) is 0 Å². The van der Waals surface area contributed by atoms with E-state index in [1.807, 2.05) is 39.9 Å². The first-order valence-electron chi connectivity index (χ1n) is 12.4.